The van der Waals surface area contributed by atoms with Crippen molar-refractivity contribution in [2.24, 2.45) is 0 Å². The molecule has 0 aliphatic carbocycles. The number of rotatable bonds is 0. The molecule has 2 nitrogen and oxygen atoms in total. The molecule has 9 heavy (non-hydrogen) atoms. The molecule has 1 fully saturated rings. The van der Waals surface area contributed by atoms with Crippen LogP contribution in [-0.4, -0.2) is 25.3 Å². The fourth-order valence-corrected chi connectivity index (χ4v) is 0.983. The second-order valence-corrected chi connectivity index (χ2v) is 2.42. The third-order valence-electron chi connectivity index (χ3n) is 1.33. The summed E-state index contributed by atoms with van der Waals surface area (Å²) in [5.41, 5.74) is 0. The molecule has 0 aromatic rings. The van der Waals surface area contributed by atoms with Crippen molar-refractivity contribution in [2.45, 2.75) is 26.1 Å². The standard InChI is InChI=1S/C6H13NO.ClH/c1-5-3-7-4-6(2)8-5;/h5-7H,3-4H2,1-2H3;1H/t5-,6-;/m1./s1. The molecule has 0 radical (unpaired) electrons. The molecule has 1 rings (SSSR count). The van der Waals surface area contributed by atoms with E-state index in [1.54, 1.807) is 0 Å². The largest absolute Gasteiger partial charge is 0.373 e. The van der Waals surface area contributed by atoms with Gasteiger partial charge in [-0.15, -0.1) is 12.4 Å². The Morgan fingerprint density at radius 3 is 1.89 bits per heavy atom. The normalized spacial score (nSPS) is 35.3. The highest BCUT2D eigenvalue weighted by Gasteiger charge is 2.12. The van der Waals surface area contributed by atoms with Gasteiger partial charge in [-0.1, -0.05) is 0 Å². The van der Waals surface area contributed by atoms with E-state index in [-0.39, 0.29) is 12.4 Å². The first-order valence-electron chi connectivity index (χ1n) is 3.15. The molecule has 2 atom stereocenters. The van der Waals surface area contributed by atoms with Crippen LogP contribution >= 0.6 is 12.4 Å². The molecule has 1 aliphatic rings. The maximum atomic E-state index is 5.42. The lowest BCUT2D eigenvalue weighted by Crippen LogP contribution is -2.41. The SMILES string of the molecule is C[C@@H]1CNC[C@@H](C)O1.Cl. The average molecular weight is 152 g/mol. The summed E-state index contributed by atoms with van der Waals surface area (Å²) in [6, 6.07) is 0. The van der Waals surface area contributed by atoms with Crippen LogP contribution in [-0.2, 0) is 4.74 Å². The summed E-state index contributed by atoms with van der Waals surface area (Å²) >= 11 is 0. The van der Waals surface area contributed by atoms with Gasteiger partial charge in [-0.2, -0.15) is 0 Å². The monoisotopic (exact) mass is 151 g/mol. The second-order valence-electron chi connectivity index (χ2n) is 2.42. The number of hydrogen-bond acceptors (Lipinski definition) is 2. The topological polar surface area (TPSA) is 21.3 Å². The molecular weight excluding hydrogens is 138 g/mol. The van der Waals surface area contributed by atoms with Crippen LogP contribution in [0.4, 0.5) is 0 Å². The summed E-state index contributed by atoms with van der Waals surface area (Å²) in [6.07, 6.45) is 0.803. The van der Waals surface area contributed by atoms with E-state index in [2.05, 4.69) is 19.2 Å². The molecule has 56 valence electrons. The fraction of sp³-hybridized carbons (Fsp3) is 1.00. The summed E-state index contributed by atoms with van der Waals surface area (Å²) in [5, 5.41) is 3.26. The van der Waals surface area contributed by atoms with E-state index in [0.29, 0.717) is 12.2 Å². The molecule has 0 aromatic heterocycles. The van der Waals surface area contributed by atoms with E-state index in [4.69, 9.17) is 4.74 Å². The highest BCUT2D eigenvalue weighted by molar-refractivity contribution is 5.85. The van der Waals surface area contributed by atoms with Gasteiger partial charge in [0.2, 0.25) is 0 Å². The van der Waals surface area contributed by atoms with E-state index in [1.165, 1.54) is 0 Å². The maximum Gasteiger partial charge on any atom is 0.0675 e. The number of ether oxygens (including phenoxy) is 1. The lowest BCUT2D eigenvalue weighted by atomic mass is 10.3. The molecule has 0 amide bonds. The first-order valence-corrected chi connectivity index (χ1v) is 3.15. The van der Waals surface area contributed by atoms with Crippen LogP contribution in [0.5, 0.6) is 0 Å². The van der Waals surface area contributed by atoms with Crippen molar-refractivity contribution >= 4 is 12.4 Å². The van der Waals surface area contributed by atoms with Crippen molar-refractivity contribution in [1.29, 1.82) is 0 Å². The van der Waals surface area contributed by atoms with Gasteiger partial charge in [-0.3, -0.25) is 0 Å². The van der Waals surface area contributed by atoms with E-state index < -0.39 is 0 Å². The Labute approximate surface area is 62.4 Å². The zero-order valence-corrected chi connectivity index (χ0v) is 6.70. The minimum absolute atomic E-state index is 0. The first-order chi connectivity index (χ1) is 3.79. The predicted octanol–water partition coefficient (Wildman–Crippen LogP) is 0.805. The van der Waals surface area contributed by atoms with Gasteiger partial charge in [0.15, 0.2) is 0 Å². The summed E-state index contributed by atoms with van der Waals surface area (Å²) in [4.78, 5) is 0. The molecule has 1 saturated heterocycles. The highest BCUT2D eigenvalue weighted by atomic mass is 35.5. The van der Waals surface area contributed by atoms with E-state index in [1.807, 2.05) is 0 Å². The van der Waals surface area contributed by atoms with Crippen LogP contribution in [0.2, 0.25) is 0 Å². The van der Waals surface area contributed by atoms with Gasteiger partial charge in [0, 0.05) is 13.1 Å². The lowest BCUT2D eigenvalue weighted by Gasteiger charge is -2.25. The number of morpholine rings is 1. The third kappa shape index (κ3) is 3.04. The molecule has 1 N–H and O–H groups in total. The van der Waals surface area contributed by atoms with Crippen molar-refractivity contribution in [3.63, 3.8) is 0 Å². The molecule has 3 heteroatoms. The Kier molecular flexibility index (Phi) is 4.19. The number of nitrogens with one attached hydrogen (secondary N) is 1. The lowest BCUT2D eigenvalue weighted by molar-refractivity contribution is -0.0166. The van der Waals surface area contributed by atoms with Crippen molar-refractivity contribution in [1.82, 2.24) is 5.32 Å². The molecule has 0 saturated carbocycles. The quantitative estimate of drug-likeness (QED) is 0.553. The molecule has 0 unspecified atom stereocenters. The Bertz CT molecular complexity index is 71.5. The summed E-state index contributed by atoms with van der Waals surface area (Å²) in [6.45, 7) is 6.18. The van der Waals surface area contributed by atoms with Gasteiger partial charge in [-0.25, -0.2) is 0 Å². The van der Waals surface area contributed by atoms with Gasteiger partial charge in [0.1, 0.15) is 0 Å². The third-order valence-corrected chi connectivity index (χ3v) is 1.33. The number of hydrogen-bond donors (Lipinski definition) is 1. The molecule has 1 aliphatic heterocycles. The van der Waals surface area contributed by atoms with E-state index >= 15 is 0 Å². The van der Waals surface area contributed by atoms with Crippen LogP contribution in [0.1, 0.15) is 13.8 Å². The van der Waals surface area contributed by atoms with Crippen LogP contribution in [0.15, 0.2) is 0 Å². The molecule has 0 bridgehead atoms. The average Bonchev–Trinajstić information content (AvgIpc) is 1.64. The zero-order valence-electron chi connectivity index (χ0n) is 5.89. The summed E-state index contributed by atoms with van der Waals surface area (Å²) < 4.78 is 5.42. The van der Waals surface area contributed by atoms with E-state index in [9.17, 15) is 0 Å². The van der Waals surface area contributed by atoms with Crippen molar-refractivity contribution < 1.29 is 4.74 Å². The van der Waals surface area contributed by atoms with Gasteiger partial charge in [0.05, 0.1) is 12.2 Å². The van der Waals surface area contributed by atoms with Crippen LogP contribution < -0.4 is 5.32 Å². The van der Waals surface area contributed by atoms with Crippen LogP contribution in [0, 0.1) is 0 Å². The van der Waals surface area contributed by atoms with Gasteiger partial charge >= 0.3 is 0 Å². The summed E-state index contributed by atoms with van der Waals surface area (Å²) in [5.74, 6) is 0. The Morgan fingerprint density at radius 1 is 1.22 bits per heavy atom. The molecule has 0 aromatic carbocycles. The van der Waals surface area contributed by atoms with Gasteiger partial charge in [0.25, 0.3) is 0 Å². The Balaban J connectivity index is 0.000000640. The van der Waals surface area contributed by atoms with Crippen molar-refractivity contribution in [3.05, 3.63) is 0 Å². The molecule has 0 spiro atoms. The fourth-order valence-electron chi connectivity index (χ4n) is 0.983. The smallest absolute Gasteiger partial charge is 0.0675 e. The predicted molar refractivity (Wildman–Crippen MR) is 40.1 cm³/mol. The Hall–Kier alpha value is 0.210. The van der Waals surface area contributed by atoms with Gasteiger partial charge in [-0.05, 0) is 13.8 Å². The summed E-state index contributed by atoms with van der Waals surface area (Å²) in [7, 11) is 0. The minimum Gasteiger partial charge on any atom is -0.373 e. The molecular formula is C6H14ClNO. The van der Waals surface area contributed by atoms with Crippen molar-refractivity contribution in [3.8, 4) is 0 Å². The Morgan fingerprint density at radius 2 is 1.67 bits per heavy atom. The molecule has 1 heterocycles. The van der Waals surface area contributed by atoms with Crippen LogP contribution in [0.3, 0.4) is 0 Å². The van der Waals surface area contributed by atoms with Crippen molar-refractivity contribution in [2.75, 3.05) is 13.1 Å². The van der Waals surface area contributed by atoms with Crippen LogP contribution in [0.25, 0.3) is 0 Å². The number of halogens is 1. The minimum atomic E-state index is 0. The van der Waals surface area contributed by atoms with Gasteiger partial charge < -0.3 is 10.1 Å². The van der Waals surface area contributed by atoms with E-state index in [0.717, 1.165) is 13.1 Å². The maximum absolute atomic E-state index is 5.42. The zero-order chi connectivity index (χ0) is 5.98. The highest BCUT2D eigenvalue weighted by Crippen LogP contribution is 2.00. The first kappa shape index (κ1) is 9.21. The second kappa shape index (κ2) is 4.09.